The number of nitrogens with zero attached hydrogens (tertiary/aromatic N) is 1. The molecule has 0 spiro atoms. The monoisotopic (exact) mass is 250 g/mol. The van der Waals surface area contributed by atoms with E-state index >= 15 is 0 Å². The minimum Gasteiger partial charge on any atom is -0.506 e. The lowest BCUT2D eigenvalue weighted by molar-refractivity contribution is 0.0345. The van der Waals surface area contributed by atoms with Gasteiger partial charge < -0.3 is 15.2 Å². The second-order valence-electron chi connectivity index (χ2n) is 4.63. The van der Waals surface area contributed by atoms with Crippen LogP contribution in [0, 0.1) is 0 Å². The van der Waals surface area contributed by atoms with Crippen molar-refractivity contribution in [3.8, 4) is 5.75 Å². The largest absolute Gasteiger partial charge is 0.506 e. The third-order valence-corrected chi connectivity index (χ3v) is 3.49. The number of amides is 1. The normalized spacial score (nSPS) is 18.3. The Morgan fingerprint density at radius 3 is 2.83 bits per heavy atom. The molecule has 0 atom stereocenters. The first-order valence-corrected chi connectivity index (χ1v) is 6.19. The lowest BCUT2D eigenvalue weighted by Gasteiger charge is -2.37. The average molecular weight is 250 g/mol. The SMILES string of the molecule is CCC1(NC(=O)c2cncc(O)c2)CCOCC1. The number of pyridine rings is 1. The van der Waals surface area contributed by atoms with Gasteiger partial charge in [-0.25, -0.2) is 0 Å². The van der Waals surface area contributed by atoms with E-state index in [4.69, 9.17) is 4.74 Å². The van der Waals surface area contributed by atoms with Crippen molar-refractivity contribution in [2.45, 2.75) is 31.7 Å². The van der Waals surface area contributed by atoms with Gasteiger partial charge in [0.05, 0.1) is 11.8 Å². The fourth-order valence-electron chi connectivity index (χ4n) is 2.19. The molecule has 18 heavy (non-hydrogen) atoms. The summed E-state index contributed by atoms with van der Waals surface area (Å²) in [6.07, 6.45) is 5.27. The molecule has 0 bridgehead atoms. The van der Waals surface area contributed by atoms with Gasteiger partial charge in [0, 0.05) is 24.9 Å². The molecule has 2 rings (SSSR count). The molecule has 5 heteroatoms. The van der Waals surface area contributed by atoms with E-state index in [1.54, 1.807) is 0 Å². The number of rotatable bonds is 3. The standard InChI is InChI=1S/C13H18N2O3/c1-2-13(3-5-18-6-4-13)15-12(17)10-7-11(16)9-14-8-10/h7-9,16H,2-6H2,1H3,(H,15,17). The number of nitrogens with one attached hydrogen (secondary N) is 1. The van der Waals surface area contributed by atoms with Crippen LogP contribution in [-0.2, 0) is 4.74 Å². The van der Waals surface area contributed by atoms with Gasteiger partial charge >= 0.3 is 0 Å². The molecule has 1 aromatic rings. The van der Waals surface area contributed by atoms with Gasteiger partial charge in [0.2, 0.25) is 0 Å². The number of hydrogen-bond donors (Lipinski definition) is 2. The zero-order valence-electron chi connectivity index (χ0n) is 10.5. The van der Waals surface area contributed by atoms with Gasteiger partial charge in [0.1, 0.15) is 5.75 Å². The molecule has 2 N–H and O–H groups in total. The van der Waals surface area contributed by atoms with E-state index in [1.807, 2.05) is 0 Å². The number of carbonyl (C=O) groups excluding carboxylic acids is 1. The minimum absolute atomic E-state index is 0.000163. The zero-order chi connectivity index (χ0) is 13.0. The molecule has 1 saturated heterocycles. The van der Waals surface area contributed by atoms with Gasteiger partial charge in [-0.1, -0.05) is 6.92 Å². The number of aromatic hydroxyl groups is 1. The number of aromatic nitrogens is 1. The lowest BCUT2D eigenvalue weighted by Crippen LogP contribution is -2.51. The highest BCUT2D eigenvalue weighted by atomic mass is 16.5. The van der Waals surface area contributed by atoms with Gasteiger partial charge in [-0.3, -0.25) is 9.78 Å². The summed E-state index contributed by atoms with van der Waals surface area (Å²) in [6, 6.07) is 1.42. The fraction of sp³-hybridized carbons (Fsp3) is 0.538. The Bertz CT molecular complexity index is 428. The summed E-state index contributed by atoms with van der Waals surface area (Å²) in [5.41, 5.74) is 0.190. The van der Waals surface area contributed by atoms with Crippen LogP contribution in [-0.4, -0.2) is 34.8 Å². The first kappa shape index (κ1) is 12.8. The molecule has 98 valence electrons. The van der Waals surface area contributed by atoms with Gasteiger partial charge in [-0.15, -0.1) is 0 Å². The number of ether oxygens (including phenoxy) is 1. The maximum Gasteiger partial charge on any atom is 0.253 e. The van der Waals surface area contributed by atoms with Crippen LogP contribution >= 0.6 is 0 Å². The van der Waals surface area contributed by atoms with Gasteiger partial charge in [-0.2, -0.15) is 0 Å². The highest BCUT2D eigenvalue weighted by Crippen LogP contribution is 2.24. The number of carbonyl (C=O) groups is 1. The Kier molecular flexibility index (Phi) is 3.81. The second kappa shape index (κ2) is 5.35. The summed E-state index contributed by atoms with van der Waals surface area (Å²) in [5.74, 6) is -0.192. The molecule has 1 amide bonds. The van der Waals surface area contributed by atoms with Crippen LogP contribution in [0.5, 0.6) is 5.75 Å². The highest BCUT2D eigenvalue weighted by molar-refractivity contribution is 5.94. The smallest absolute Gasteiger partial charge is 0.253 e. The quantitative estimate of drug-likeness (QED) is 0.852. The third kappa shape index (κ3) is 2.79. The summed E-state index contributed by atoms with van der Waals surface area (Å²) >= 11 is 0. The van der Waals surface area contributed by atoms with E-state index in [-0.39, 0.29) is 17.2 Å². The van der Waals surface area contributed by atoms with Crippen LogP contribution in [0.1, 0.15) is 36.5 Å². The molecule has 0 unspecified atom stereocenters. The van der Waals surface area contributed by atoms with Crippen LogP contribution in [0.3, 0.4) is 0 Å². The van der Waals surface area contributed by atoms with E-state index in [0.717, 1.165) is 19.3 Å². The summed E-state index contributed by atoms with van der Waals surface area (Å²) in [4.78, 5) is 15.9. The molecule has 2 heterocycles. The van der Waals surface area contributed by atoms with Crippen molar-refractivity contribution in [2.24, 2.45) is 0 Å². The molecule has 5 nitrogen and oxygen atoms in total. The maximum atomic E-state index is 12.1. The molecular formula is C13H18N2O3. The predicted octanol–water partition coefficient (Wildman–Crippen LogP) is 1.48. The molecule has 1 fully saturated rings. The molecule has 0 saturated carbocycles. The summed E-state index contributed by atoms with van der Waals surface area (Å²) in [7, 11) is 0. The predicted molar refractivity (Wildman–Crippen MR) is 66.4 cm³/mol. The average Bonchev–Trinajstić information content (AvgIpc) is 2.40. The van der Waals surface area contributed by atoms with Crippen LogP contribution < -0.4 is 5.32 Å². The zero-order valence-corrected chi connectivity index (χ0v) is 10.5. The van der Waals surface area contributed by atoms with Crippen molar-refractivity contribution >= 4 is 5.91 Å². The Morgan fingerprint density at radius 1 is 1.50 bits per heavy atom. The van der Waals surface area contributed by atoms with Gasteiger partial charge in [0.15, 0.2) is 0 Å². The van der Waals surface area contributed by atoms with Gasteiger partial charge in [-0.05, 0) is 25.3 Å². The first-order chi connectivity index (χ1) is 8.65. The van der Waals surface area contributed by atoms with Crippen molar-refractivity contribution in [3.05, 3.63) is 24.0 Å². The van der Waals surface area contributed by atoms with E-state index < -0.39 is 0 Å². The highest BCUT2D eigenvalue weighted by Gasteiger charge is 2.32. The van der Waals surface area contributed by atoms with Crippen LogP contribution in [0.4, 0.5) is 0 Å². The van der Waals surface area contributed by atoms with Crippen molar-refractivity contribution < 1.29 is 14.6 Å². The Labute approximate surface area is 106 Å². The van der Waals surface area contributed by atoms with Crippen LogP contribution in [0.2, 0.25) is 0 Å². The topological polar surface area (TPSA) is 71.5 Å². The molecular weight excluding hydrogens is 232 g/mol. The van der Waals surface area contributed by atoms with E-state index in [2.05, 4.69) is 17.2 Å². The molecule has 1 aliphatic heterocycles. The molecule has 0 radical (unpaired) electrons. The Balaban J connectivity index is 2.10. The second-order valence-corrected chi connectivity index (χ2v) is 4.63. The molecule has 0 aromatic carbocycles. The Morgan fingerprint density at radius 2 is 2.22 bits per heavy atom. The van der Waals surface area contributed by atoms with Crippen molar-refractivity contribution in [1.82, 2.24) is 10.3 Å². The molecule has 1 aliphatic rings. The third-order valence-electron chi connectivity index (χ3n) is 3.49. The summed E-state index contributed by atoms with van der Waals surface area (Å²) in [5, 5.41) is 12.4. The summed E-state index contributed by atoms with van der Waals surface area (Å²) in [6.45, 7) is 3.41. The van der Waals surface area contributed by atoms with Gasteiger partial charge in [0.25, 0.3) is 5.91 Å². The minimum atomic E-state index is -0.194. The van der Waals surface area contributed by atoms with Crippen LogP contribution in [0.25, 0.3) is 0 Å². The van der Waals surface area contributed by atoms with Crippen molar-refractivity contribution in [3.63, 3.8) is 0 Å². The van der Waals surface area contributed by atoms with Crippen LogP contribution in [0.15, 0.2) is 18.5 Å². The van der Waals surface area contributed by atoms with E-state index in [9.17, 15) is 9.90 Å². The fourth-order valence-corrected chi connectivity index (χ4v) is 2.19. The lowest BCUT2D eigenvalue weighted by atomic mass is 9.87. The first-order valence-electron chi connectivity index (χ1n) is 6.19. The molecule has 0 aliphatic carbocycles. The molecule has 1 aromatic heterocycles. The van der Waals surface area contributed by atoms with Crippen molar-refractivity contribution in [2.75, 3.05) is 13.2 Å². The van der Waals surface area contributed by atoms with E-state index in [1.165, 1.54) is 18.5 Å². The maximum absolute atomic E-state index is 12.1. The Hall–Kier alpha value is -1.62. The van der Waals surface area contributed by atoms with Crippen molar-refractivity contribution in [1.29, 1.82) is 0 Å². The number of hydrogen-bond acceptors (Lipinski definition) is 4. The van der Waals surface area contributed by atoms with E-state index in [0.29, 0.717) is 18.8 Å². The summed E-state index contributed by atoms with van der Waals surface area (Å²) < 4.78 is 5.33.